The first-order valence-corrected chi connectivity index (χ1v) is 14.0. The number of rotatable bonds is 5. The van der Waals surface area contributed by atoms with Crippen LogP contribution in [0.25, 0.3) is 11.4 Å². The summed E-state index contributed by atoms with van der Waals surface area (Å²) in [6, 6.07) is 16.6. The highest BCUT2D eigenvalue weighted by Crippen LogP contribution is 2.30. The van der Waals surface area contributed by atoms with Crippen LogP contribution in [0, 0.1) is 13.8 Å². The number of pyridine rings is 1. The second-order valence-electron chi connectivity index (χ2n) is 10.3. The van der Waals surface area contributed by atoms with Gasteiger partial charge in [-0.1, -0.05) is 35.0 Å². The molecule has 1 aliphatic heterocycles. The number of hydrogen-bond acceptors (Lipinski definition) is 5. The van der Waals surface area contributed by atoms with Gasteiger partial charge in [0.05, 0.1) is 28.0 Å². The van der Waals surface area contributed by atoms with Crippen molar-refractivity contribution in [3.63, 3.8) is 0 Å². The number of hydrogen-bond donors (Lipinski definition) is 0. The number of piperazine rings is 1. The Kier molecular flexibility index (Phi) is 7.50. The highest BCUT2D eigenvalue weighted by Gasteiger charge is 2.35. The van der Waals surface area contributed by atoms with Gasteiger partial charge in [-0.3, -0.25) is 19.1 Å². The number of nitrogens with zero attached hydrogens (tertiary/aromatic N) is 6. The monoisotopic (exact) mass is 608 g/mol. The molecule has 0 radical (unpaired) electrons. The Morgan fingerprint density at radius 3 is 2.33 bits per heavy atom. The van der Waals surface area contributed by atoms with Crippen molar-refractivity contribution >= 4 is 33.4 Å². The summed E-state index contributed by atoms with van der Waals surface area (Å²) in [5.74, 6) is -0.0507. The minimum absolute atomic E-state index is 0.0507. The van der Waals surface area contributed by atoms with E-state index in [4.69, 9.17) is 11.6 Å². The lowest BCUT2D eigenvalue weighted by atomic mass is 9.97. The minimum Gasteiger partial charge on any atom is -0.336 e. The smallest absolute Gasteiger partial charge is 0.255 e. The molecule has 3 heterocycles. The molecule has 10 heteroatoms. The first kappa shape index (κ1) is 27.3. The Bertz CT molecular complexity index is 1590. The zero-order valence-corrected chi connectivity index (χ0v) is 24.7. The van der Waals surface area contributed by atoms with E-state index in [1.54, 1.807) is 15.3 Å². The maximum atomic E-state index is 13.7. The quantitative estimate of drug-likeness (QED) is 0.313. The molecule has 1 saturated heterocycles. The van der Waals surface area contributed by atoms with Crippen LogP contribution in [0.5, 0.6) is 0 Å². The van der Waals surface area contributed by atoms with Gasteiger partial charge in [0.2, 0.25) is 0 Å². The van der Waals surface area contributed by atoms with E-state index < -0.39 is 0 Å². The van der Waals surface area contributed by atoms with Crippen LogP contribution in [0.4, 0.5) is 0 Å². The van der Waals surface area contributed by atoms with Gasteiger partial charge in [-0.25, -0.2) is 4.68 Å². The lowest BCUT2D eigenvalue weighted by Crippen LogP contribution is -2.54. The molecule has 0 spiro atoms. The summed E-state index contributed by atoms with van der Waals surface area (Å²) in [4.78, 5) is 30.8. The van der Waals surface area contributed by atoms with Crippen molar-refractivity contribution in [3.05, 3.63) is 103 Å². The van der Waals surface area contributed by atoms with Crippen molar-refractivity contribution in [3.8, 4) is 11.4 Å². The first-order valence-electron chi connectivity index (χ1n) is 12.8. The molecule has 8 nitrogen and oxygen atoms in total. The van der Waals surface area contributed by atoms with Gasteiger partial charge in [0.1, 0.15) is 5.69 Å². The average molecular weight is 610 g/mol. The fourth-order valence-corrected chi connectivity index (χ4v) is 5.61. The van der Waals surface area contributed by atoms with Crippen LogP contribution in [0.1, 0.15) is 41.2 Å². The third-order valence-corrected chi connectivity index (χ3v) is 8.76. The molecule has 4 aromatic rings. The maximum Gasteiger partial charge on any atom is 0.255 e. The van der Waals surface area contributed by atoms with Crippen LogP contribution in [0.15, 0.2) is 70.1 Å². The predicted molar refractivity (Wildman–Crippen MR) is 156 cm³/mol. The third kappa shape index (κ3) is 5.18. The van der Waals surface area contributed by atoms with Gasteiger partial charge in [-0.2, -0.15) is 0 Å². The highest BCUT2D eigenvalue weighted by molar-refractivity contribution is 9.10. The average Bonchev–Trinajstić information content (AvgIpc) is 3.42. The van der Waals surface area contributed by atoms with E-state index in [0.29, 0.717) is 48.0 Å². The molecule has 202 valence electrons. The lowest BCUT2D eigenvalue weighted by Gasteiger charge is -2.43. The molecule has 0 saturated carbocycles. The molecule has 5 rings (SSSR count). The van der Waals surface area contributed by atoms with Crippen molar-refractivity contribution in [1.29, 1.82) is 0 Å². The van der Waals surface area contributed by atoms with E-state index in [9.17, 15) is 9.59 Å². The number of carbonyl (C=O) groups is 1. The SMILES string of the molecule is Cc1cc(=O)n(-c2ccccc2)c(C)c1C(=O)N1CCN(C(C)(C)c2cn(-c3ccc(Br)c(Cl)c3)nn2)CC1. The van der Waals surface area contributed by atoms with Crippen LogP contribution in [-0.2, 0) is 5.54 Å². The molecule has 0 bridgehead atoms. The van der Waals surface area contributed by atoms with Crippen LogP contribution in [0.3, 0.4) is 0 Å². The highest BCUT2D eigenvalue weighted by atomic mass is 79.9. The summed E-state index contributed by atoms with van der Waals surface area (Å²) >= 11 is 9.69. The van der Waals surface area contributed by atoms with Gasteiger partial charge < -0.3 is 4.90 Å². The number of benzene rings is 2. The number of para-hydroxylation sites is 1. The van der Waals surface area contributed by atoms with E-state index >= 15 is 0 Å². The Labute approximate surface area is 240 Å². The van der Waals surface area contributed by atoms with Crippen LogP contribution in [-0.4, -0.2) is 61.4 Å². The standard InChI is InChI=1S/C29H30BrClN6O2/c1-19-16-26(38)37(21-8-6-5-7-9-21)20(2)27(19)28(39)34-12-14-35(15-13-34)29(3,4)25-18-36(33-32-25)22-10-11-23(30)24(31)17-22/h5-11,16-18H,12-15H2,1-4H3. The Morgan fingerprint density at radius 2 is 1.67 bits per heavy atom. The molecule has 39 heavy (non-hydrogen) atoms. The topological polar surface area (TPSA) is 76.3 Å². The molecule has 1 fully saturated rings. The number of amides is 1. The predicted octanol–water partition coefficient (Wildman–Crippen LogP) is 5.14. The molecule has 2 aromatic carbocycles. The first-order chi connectivity index (χ1) is 18.6. The molecule has 1 aliphatic rings. The molecule has 0 N–H and O–H groups in total. The Balaban J connectivity index is 1.33. The lowest BCUT2D eigenvalue weighted by molar-refractivity contribution is 0.0377. The third-order valence-electron chi connectivity index (χ3n) is 7.53. The molecule has 0 unspecified atom stereocenters. The van der Waals surface area contributed by atoms with Gasteiger partial charge in [-0.05, 0) is 79.5 Å². The van der Waals surface area contributed by atoms with Crippen molar-refractivity contribution in [2.45, 2.75) is 33.2 Å². The number of halogens is 2. The van der Waals surface area contributed by atoms with E-state index in [-0.39, 0.29) is 17.0 Å². The van der Waals surface area contributed by atoms with E-state index in [1.165, 1.54) is 0 Å². The summed E-state index contributed by atoms with van der Waals surface area (Å²) in [6.07, 6.45) is 1.93. The van der Waals surface area contributed by atoms with Crippen molar-refractivity contribution in [1.82, 2.24) is 29.4 Å². The zero-order chi connectivity index (χ0) is 27.9. The molecule has 0 atom stereocenters. The second-order valence-corrected chi connectivity index (χ2v) is 11.5. The number of aryl methyl sites for hydroxylation is 1. The zero-order valence-electron chi connectivity index (χ0n) is 22.4. The molecular weight excluding hydrogens is 580 g/mol. The Hall–Kier alpha value is -3.27. The fourth-order valence-electron chi connectivity index (χ4n) is 5.19. The largest absolute Gasteiger partial charge is 0.336 e. The second kappa shape index (κ2) is 10.7. The van der Waals surface area contributed by atoms with Crippen LogP contribution < -0.4 is 5.56 Å². The minimum atomic E-state index is -0.390. The van der Waals surface area contributed by atoms with Gasteiger partial charge in [-0.15, -0.1) is 5.10 Å². The summed E-state index contributed by atoms with van der Waals surface area (Å²) in [7, 11) is 0. The van der Waals surface area contributed by atoms with E-state index in [1.807, 2.05) is 73.5 Å². The van der Waals surface area contributed by atoms with Gasteiger partial charge in [0, 0.05) is 48.1 Å². The van der Waals surface area contributed by atoms with Crippen molar-refractivity contribution < 1.29 is 4.79 Å². The van der Waals surface area contributed by atoms with Gasteiger partial charge >= 0.3 is 0 Å². The van der Waals surface area contributed by atoms with Gasteiger partial charge in [0.25, 0.3) is 11.5 Å². The molecular formula is C29H30BrClN6O2. The van der Waals surface area contributed by atoms with E-state index in [2.05, 4.69) is 45.0 Å². The van der Waals surface area contributed by atoms with E-state index in [0.717, 1.165) is 21.5 Å². The van der Waals surface area contributed by atoms with Crippen LogP contribution in [0.2, 0.25) is 5.02 Å². The molecule has 1 amide bonds. The Morgan fingerprint density at radius 1 is 0.974 bits per heavy atom. The van der Waals surface area contributed by atoms with Crippen LogP contribution >= 0.6 is 27.5 Å². The normalized spacial score (nSPS) is 14.6. The number of carbonyl (C=O) groups excluding carboxylic acids is 1. The molecule has 2 aromatic heterocycles. The maximum absolute atomic E-state index is 13.7. The molecule has 0 aliphatic carbocycles. The van der Waals surface area contributed by atoms with Crippen molar-refractivity contribution in [2.75, 3.05) is 26.2 Å². The van der Waals surface area contributed by atoms with Crippen molar-refractivity contribution in [2.24, 2.45) is 0 Å². The summed E-state index contributed by atoms with van der Waals surface area (Å²) in [5.41, 5.74) is 3.82. The summed E-state index contributed by atoms with van der Waals surface area (Å²) in [5, 5.41) is 9.41. The van der Waals surface area contributed by atoms with Gasteiger partial charge in [0.15, 0.2) is 0 Å². The number of aromatic nitrogens is 4. The summed E-state index contributed by atoms with van der Waals surface area (Å²) in [6.45, 7) is 10.4. The fraction of sp³-hybridized carbons (Fsp3) is 0.310. The summed E-state index contributed by atoms with van der Waals surface area (Å²) < 4.78 is 4.16.